The molecule has 6 rings (SSSR count). The predicted octanol–water partition coefficient (Wildman–Crippen LogP) is 8.42. The first-order chi connectivity index (χ1) is 24.8. The Kier molecular flexibility index (Phi) is 13.9. The maximum Gasteiger partial charge on any atom is 0.285 e. The highest BCUT2D eigenvalue weighted by Gasteiger charge is 2.58. The fourth-order valence-electron chi connectivity index (χ4n) is 6.76. The maximum absolute atomic E-state index is 6.88. The van der Waals surface area contributed by atoms with Gasteiger partial charge in [0.2, 0.25) is 0 Å². The smallest absolute Gasteiger partial charge is 0.285 e. The van der Waals surface area contributed by atoms with Gasteiger partial charge in [-0.15, -0.1) is 0 Å². The van der Waals surface area contributed by atoms with E-state index in [0.717, 1.165) is 28.7 Å². The number of benzene rings is 4. The van der Waals surface area contributed by atoms with E-state index in [-0.39, 0.29) is 6.04 Å². The maximum atomic E-state index is 6.88. The van der Waals surface area contributed by atoms with Gasteiger partial charge >= 0.3 is 0 Å². The fourth-order valence-corrected chi connectivity index (χ4v) is 6.76. The van der Waals surface area contributed by atoms with E-state index in [1.54, 1.807) is 0 Å². The van der Waals surface area contributed by atoms with Crippen LogP contribution >= 0.6 is 0 Å². The van der Waals surface area contributed by atoms with E-state index in [1.165, 1.54) is 32.1 Å². The molecule has 1 saturated heterocycles. The number of unbranched alkanes of at least 4 members (excludes halogenated alkanes) is 5. The molecule has 1 N–H and O–H groups in total. The molecule has 0 bridgehead atoms. The van der Waals surface area contributed by atoms with Crippen molar-refractivity contribution in [2.45, 2.75) is 108 Å². The SMILES string of the molecule is CCCCCCCCN=C1NC2C(OCc3ccccc3)C(OCc3ccccc3)C(OCc3ccccc3)C(OCc3ccccc3)C2O1. The Balaban J connectivity index is 1.30. The lowest BCUT2D eigenvalue weighted by Gasteiger charge is -2.46. The van der Waals surface area contributed by atoms with Crippen LogP contribution in [-0.2, 0) is 50.1 Å². The van der Waals surface area contributed by atoms with Gasteiger partial charge in [0.25, 0.3) is 6.02 Å². The zero-order valence-electron chi connectivity index (χ0n) is 29.3. The molecule has 0 aromatic heterocycles. The number of nitrogens with one attached hydrogen (secondary N) is 1. The summed E-state index contributed by atoms with van der Waals surface area (Å²) in [5.74, 6) is 0. The first-order valence-corrected chi connectivity index (χ1v) is 18.4. The molecule has 7 nitrogen and oxygen atoms in total. The molecule has 1 heterocycles. The van der Waals surface area contributed by atoms with Crippen molar-refractivity contribution in [2.75, 3.05) is 6.54 Å². The van der Waals surface area contributed by atoms with E-state index in [1.807, 2.05) is 72.8 Å². The van der Waals surface area contributed by atoms with Gasteiger partial charge in [-0.2, -0.15) is 0 Å². The van der Waals surface area contributed by atoms with Crippen LogP contribution in [0.15, 0.2) is 126 Å². The number of amidine groups is 1. The van der Waals surface area contributed by atoms with Crippen molar-refractivity contribution < 1.29 is 23.7 Å². The summed E-state index contributed by atoms with van der Waals surface area (Å²) in [4.78, 5) is 4.90. The lowest BCUT2D eigenvalue weighted by molar-refractivity contribution is -0.240. The zero-order valence-corrected chi connectivity index (χ0v) is 29.3. The molecule has 0 radical (unpaired) electrons. The molecule has 1 aliphatic carbocycles. The van der Waals surface area contributed by atoms with Gasteiger partial charge in [0.05, 0.1) is 32.5 Å². The molecule has 2 aliphatic rings. The summed E-state index contributed by atoms with van der Waals surface area (Å²) >= 11 is 0. The van der Waals surface area contributed by atoms with E-state index < -0.39 is 30.5 Å². The van der Waals surface area contributed by atoms with Crippen molar-refractivity contribution in [2.24, 2.45) is 4.99 Å². The Bertz CT molecular complexity index is 1430. The molecule has 1 saturated carbocycles. The number of aliphatic imine (C=N–C) groups is 1. The fraction of sp³-hybridized carbons (Fsp3) is 0.419. The number of rotatable bonds is 19. The predicted molar refractivity (Wildman–Crippen MR) is 198 cm³/mol. The molecule has 50 heavy (non-hydrogen) atoms. The summed E-state index contributed by atoms with van der Waals surface area (Å²) in [5.41, 5.74) is 4.33. The minimum absolute atomic E-state index is 0.264. The van der Waals surface area contributed by atoms with Gasteiger partial charge in [0.1, 0.15) is 24.4 Å². The normalized spacial score (nSPS) is 23.7. The van der Waals surface area contributed by atoms with Gasteiger partial charge in [-0.25, -0.2) is 4.99 Å². The van der Waals surface area contributed by atoms with Gasteiger partial charge < -0.3 is 29.0 Å². The Morgan fingerprint density at radius 3 is 1.38 bits per heavy atom. The van der Waals surface area contributed by atoms with Crippen LogP contribution in [0.3, 0.4) is 0 Å². The molecule has 4 aromatic carbocycles. The topological polar surface area (TPSA) is 70.5 Å². The second-order valence-corrected chi connectivity index (χ2v) is 13.3. The highest BCUT2D eigenvalue weighted by atomic mass is 16.6. The van der Waals surface area contributed by atoms with E-state index in [2.05, 4.69) is 60.8 Å². The number of hydrogen-bond donors (Lipinski definition) is 1. The molecule has 4 aromatic rings. The molecule has 7 heteroatoms. The van der Waals surface area contributed by atoms with Crippen molar-refractivity contribution in [3.8, 4) is 0 Å². The number of ether oxygens (including phenoxy) is 5. The molecular formula is C43H52N2O5. The summed E-state index contributed by atoms with van der Waals surface area (Å²) < 4.78 is 34.1. The summed E-state index contributed by atoms with van der Waals surface area (Å²) in [5, 5.41) is 3.63. The van der Waals surface area contributed by atoms with Crippen LogP contribution in [0.2, 0.25) is 0 Å². The Hall–Kier alpha value is -4.01. The van der Waals surface area contributed by atoms with Crippen LogP contribution < -0.4 is 5.32 Å². The number of hydrogen-bond acceptors (Lipinski definition) is 6. The van der Waals surface area contributed by atoms with Gasteiger partial charge in [-0.1, -0.05) is 160 Å². The van der Waals surface area contributed by atoms with Gasteiger partial charge in [0, 0.05) is 6.54 Å². The van der Waals surface area contributed by atoms with Crippen LogP contribution in [0, 0.1) is 0 Å². The van der Waals surface area contributed by atoms with Crippen LogP contribution in [0.1, 0.15) is 67.7 Å². The van der Waals surface area contributed by atoms with Crippen molar-refractivity contribution in [1.82, 2.24) is 5.32 Å². The summed E-state index contributed by atoms with van der Waals surface area (Å²) in [6.45, 7) is 4.60. The molecule has 0 amide bonds. The average molecular weight is 677 g/mol. The first kappa shape index (κ1) is 35.8. The van der Waals surface area contributed by atoms with Crippen molar-refractivity contribution in [1.29, 1.82) is 0 Å². The third kappa shape index (κ3) is 10.3. The minimum atomic E-state index is -0.496. The highest BCUT2D eigenvalue weighted by Crippen LogP contribution is 2.36. The molecule has 0 spiro atoms. The van der Waals surface area contributed by atoms with Gasteiger partial charge in [-0.05, 0) is 28.7 Å². The zero-order chi connectivity index (χ0) is 34.2. The van der Waals surface area contributed by atoms with Crippen molar-refractivity contribution >= 4 is 6.02 Å². The van der Waals surface area contributed by atoms with Gasteiger partial charge in [0.15, 0.2) is 6.10 Å². The van der Waals surface area contributed by atoms with E-state index in [4.69, 9.17) is 28.7 Å². The quantitative estimate of drug-likeness (QED) is 0.101. The van der Waals surface area contributed by atoms with Crippen LogP contribution in [-0.4, -0.2) is 49.1 Å². The highest BCUT2D eigenvalue weighted by molar-refractivity contribution is 5.76. The van der Waals surface area contributed by atoms with Crippen molar-refractivity contribution in [3.05, 3.63) is 144 Å². The second-order valence-electron chi connectivity index (χ2n) is 13.3. The molecule has 2 fully saturated rings. The summed E-state index contributed by atoms with van der Waals surface area (Å²) in [7, 11) is 0. The summed E-state index contributed by atoms with van der Waals surface area (Å²) in [6.07, 6.45) is 5.00. The largest absolute Gasteiger partial charge is 0.457 e. The van der Waals surface area contributed by atoms with Gasteiger partial charge in [-0.3, -0.25) is 0 Å². The monoisotopic (exact) mass is 676 g/mol. The summed E-state index contributed by atoms with van der Waals surface area (Å²) in [6, 6.07) is 41.3. The molecular weight excluding hydrogens is 624 g/mol. The molecule has 6 atom stereocenters. The standard InChI is InChI=1S/C43H52N2O5/c1-2-3-4-5-6-19-28-44-43-45-37-38(46-29-33-20-11-7-12-21-33)40(47-30-34-22-13-8-14-23-34)42(49-32-36-26-17-10-18-27-36)41(39(37)50-43)48-31-35-24-15-9-16-25-35/h7-18,20-27,37-42H,2-6,19,28-32H2,1H3,(H,44,45). The third-order valence-electron chi connectivity index (χ3n) is 9.45. The second kappa shape index (κ2) is 19.4. The van der Waals surface area contributed by atoms with E-state index >= 15 is 0 Å². The molecule has 1 aliphatic heterocycles. The number of fused-ring (bicyclic) bond motifs is 1. The minimum Gasteiger partial charge on any atom is -0.457 e. The Labute approximate surface area is 298 Å². The Morgan fingerprint density at radius 2 is 0.900 bits per heavy atom. The first-order valence-electron chi connectivity index (χ1n) is 18.4. The Morgan fingerprint density at radius 1 is 0.500 bits per heavy atom. The number of nitrogens with zero attached hydrogens (tertiary/aromatic N) is 1. The lowest BCUT2D eigenvalue weighted by atomic mass is 9.82. The van der Waals surface area contributed by atoms with Crippen molar-refractivity contribution in [3.63, 3.8) is 0 Å². The van der Waals surface area contributed by atoms with E-state index in [9.17, 15) is 0 Å². The lowest BCUT2D eigenvalue weighted by Crippen LogP contribution is -2.67. The van der Waals surface area contributed by atoms with Crippen LogP contribution in [0.4, 0.5) is 0 Å². The van der Waals surface area contributed by atoms with Crippen LogP contribution in [0.25, 0.3) is 0 Å². The van der Waals surface area contributed by atoms with E-state index in [0.29, 0.717) is 39.0 Å². The average Bonchev–Trinajstić information content (AvgIpc) is 3.60. The molecule has 264 valence electrons. The molecule has 6 unspecified atom stereocenters. The van der Waals surface area contributed by atoms with Crippen LogP contribution in [0.5, 0.6) is 0 Å². The third-order valence-corrected chi connectivity index (χ3v) is 9.45.